The van der Waals surface area contributed by atoms with Crippen molar-refractivity contribution in [3.8, 4) is 11.3 Å². The Bertz CT molecular complexity index is 1600. The van der Waals surface area contributed by atoms with Gasteiger partial charge < -0.3 is 10.4 Å². The van der Waals surface area contributed by atoms with Crippen molar-refractivity contribution in [3.05, 3.63) is 89.3 Å². The molecular formula is C24H17FN6O3. The number of carbonyl (C=O) groups is 2. The van der Waals surface area contributed by atoms with E-state index >= 15 is 0 Å². The molecule has 5 aromatic rings. The third-order valence-electron chi connectivity index (χ3n) is 5.41. The van der Waals surface area contributed by atoms with Crippen LogP contribution in [0.2, 0.25) is 0 Å². The maximum absolute atomic E-state index is 14.4. The number of carboxylic acids is 1. The number of nitrogens with one attached hydrogen (secondary N) is 1. The molecule has 0 radical (unpaired) electrons. The predicted molar refractivity (Wildman–Crippen MR) is 121 cm³/mol. The Morgan fingerprint density at radius 3 is 2.62 bits per heavy atom. The fourth-order valence-corrected chi connectivity index (χ4v) is 3.68. The SMILES string of the molecule is CNC(=O)c1ccc(-c2cnc3ncc(Cc4ccc5ncc(C(=O)O)cc5c4)n3n2)cc1F. The number of rotatable bonds is 5. The van der Waals surface area contributed by atoms with Gasteiger partial charge in [0.05, 0.1) is 34.7 Å². The number of aromatic nitrogens is 5. The summed E-state index contributed by atoms with van der Waals surface area (Å²) in [5, 5.41) is 16.9. The minimum absolute atomic E-state index is 0.0551. The summed E-state index contributed by atoms with van der Waals surface area (Å²) in [6.45, 7) is 0. The number of fused-ring (bicyclic) bond motifs is 2. The second kappa shape index (κ2) is 8.32. The van der Waals surface area contributed by atoms with Crippen LogP contribution in [0.15, 0.2) is 61.1 Å². The van der Waals surface area contributed by atoms with Gasteiger partial charge in [-0.3, -0.25) is 9.78 Å². The van der Waals surface area contributed by atoms with Gasteiger partial charge in [0.25, 0.3) is 11.7 Å². The lowest BCUT2D eigenvalue weighted by Crippen LogP contribution is -2.19. The van der Waals surface area contributed by atoms with Crippen molar-refractivity contribution in [2.75, 3.05) is 7.05 Å². The fraction of sp³-hybridized carbons (Fsp3) is 0.0833. The van der Waals surface area contributed by atoms with E-state index in [1.807, 2.05) is 18.2 Å². The van der Waals surface area contributed by atoms with E-state index in [0.717, 1.165) is 11.3 Å². The van der Waals surface area contributed by atoms with Crippen LogP contribution in [0, 0.1) is 5.82 Å². The Morgan fingerprint density at radius 1 is 1.03 bits per heavy atom. The summed E-state index contributed by atoms with van der Waals surface area (Å²) in [7, 11) is 1.44. The number of carboxylic acid groups (broad SMARTS) is 1. The highest BCUT2D eigenvalue weighted by molar-refractivity contribution is 5.94. The van der Waals surface area contributed by atoms with Crippen LogP contribution in [0.1, 0.15) is 32.0 Å². The number of benzene rings is 2. The molecule has 0 bridgehead atoms. The second-order valence-corrected chi connectivity index (χ2v) is 7.61. The summed E-state index contributed by atoms with van der Waals surface area (Å²) >= 11 is 0. The smallest absolute Gasteiger partial charge is 0.337 e. The van der Waals surface area contributed by atoms with Gasteiger partial charge in [0.15, 0.2) is 0 Å². The van der Waals surface area contributed by atoms with Crippen LogP contribution >= 0.6 is 0 Å². The van der Waals surface area contributed by atoms with Crippen LogP contribution in [0.3, 0.4) is 0 Å². The predicted octanol–water partition coefficient (Wildman–Crippen LogP) is 3.13. The van der Waals surface area contributed by atoms with Crippen molar-refractivity contribution in [1.29, 1.82) is 0 Å². The molecule has 0 saturated heterocycles. The molecule has 0 fully saturated rings. The molecule has 0 spiro atoms. The summed E-state index contributed by atoms with van der Waals surface area (Å²) in [5.74, 6) is -1.82. The normalized spacial score (nSPS) is 11.1. The van der Waals surface area contributed by atoms with Gasteiger partial charge in [0.2, 0.25) is 0 Å². The molecule has 3 aromatic heterocycles. The Labute approximate surface area is 191 Å². The molecule has 10 heteroatoms. The standard InChI is InChI=1S/C24H17FN6O3/c1-26-22(32)18-4-3-14(9-19(18)25)21-12-29-24-28-11-17(31(24)30-21)7-13-2-5-20-15(6-13)8-16(10-27-20)23(33)34/h2-6,8-12H,7H2,1H3,(H,26,32)(H,33,34). The van der Waals surface area contributed by atoms with E-state index in [4.69, 9.17) is 0 Å². The number of aromatic carboxylic acids is 1. The summed E-state index contributed by atoms with van der Waals surface area (Å²) < 4.78 is 16.0. The molecule has 2 aromatic carbocycles. The van der Waals surface area contributed by atoms with E-state index in [-0.39, 0.29) is 11.1 Å². The first-order chi connectivity index (χ1) is 16.4. The third-order valence-corrected chi connectivity index (χ3v) is 5.41. The molecule has 168 valence electrons. The van der Waals surface area contributed by atoms with E-state index in [2.05, 4.69) is 25.4 Å². The van der Waals surface area contributed by atoms with Crippen LogP contribution in [-0.4, -0.2) is 48.6 Å². The van der Waals surface area contributed by atoms with Gasteiger partial charge in [0, 0.05) is 30.6 Å². The zero-order chi connectivity index (χ0) is 23.8. The number of hydrogen-bond acceptors (Lipinski definition) is 6. The topological polar surface area (TPSA) is 122 Å². The monoisotopic (exact) mass is 456 g/mol. The molecule has 9 nitrogen and oxygen atoms in total. The maximum atomic E-state index is 14.4. The van der Waals surface area contributed by atoms with Crippen molar-refractivity contribution in [3.63, 3.8) is 0 Å². The summed E-state index contributed by atoms with van der Waals surface area (Å²) in [5.41, 5.74) is 3.29. The first kappa shape index (κ1) is 21.1. The molecular weight excluding hydrogens is 439 g/mol. The van der Waals surface area contributed by atoms with Gasteiger partial charge in [-0.25, -0.2) is 23.7 Å². The zero-order valence-corrected chi connectivity index (χ0v) is 17.9. The first-order valence-corrected chi connectivity index (χ1v) is 10.3. The summed E-state index contributed by atoms with van der Waals surface area (Å²) in [6.07, 6.45) is 4.94. The number of imidazole rings is 1. The van der Waals surface area contributed by atoms with E-state index in [1.165, 1.54) is 31.6 Å². The van der Waals surface area contributed by atoms with Crippen molar-refractivity contribution < 1.29 is 19.1 Å². The Balaban J connectivity index is 1.50. The third kappa shape index (κ3) is 3.81. The van der Waals surface area contributed by atoms with Gasteiger partial charge in [-0.05, 0) is 35.9 Å². The number of halogens is 1. The summed E-state index contributed by atoms with van der Waals surface area (Å²) in [6, 6.07) is 11.4. The highest BCUT2D eigenvalue weighted by atomic mass is 19.1. The number of nitrogens with zero attached hydrogens (tertiary/aromatic N) is 5. The molecule has 0 aliphatic carbocycles. The van der Waals surface area contributed by atoms with Gasteiger partial charge in [-0.1, -0.05) is 12.1 Å². The second-order valence-electron chi connectivity index (χ2n) is 7.61. The van der Waals surface area contributed by atoms with Crippen LogP contribution < -0.4 is 5.32 Å². The van der Waals surface area contributed by atoms with Crippen molar-refractivity contribution in [2.24, 2.45) is 0 Å². The van der Waals surface area contributed by atoms with Crippen molar-refractivity contribution in [1.82, 2.24) is 29.9 Å². The lowest BCUT2D eigenvalue weighted by atomic mass is 10.1. The number of amides is 1. The molecule has 0 unspecified atom stereocenters. The van der Waals surface area contributed by atoms with Gasteiger partial charge in [-0.15, -0.1) is 0 Å². The number of hydrogen-bond donors (Lipinski definition) is 2. The minimum Gasteiger partial charge on any atom is -0.478 e. The molecule has 0 aliphatic rings. The van der Waals surface area contributed by atoms with E-state index in [9.17, 15) is 19.1 Å². The lowest BCUT2D eigenvalue weighted by Gasteiger charge is -2.07. The van der Waals surface area contributed by atoms with Crippen LogP contribution in [0.25, 0.3) is 27.9 Å². The zero-order valence-electron chi connectivity index (χ0n) is 17.9. The van der Waals surface area contributed by atoms with E-state index < -0.39 is 17.7 Å². The molecule has 0 saturated carbocycles. The van der Waals surface area contributed by atoms with Crippen LogP contribution in [0.5, 0.6) is 0 Å². The molecule has 2 N–H and O–H groups in total. The molecule has 0 atom stereocenters. The molecule has 0 aliphatic heterocycles. The van der Waals surface area contributed by atoms with Crippen LogP contribution in [-0.2, 0) is 6.42 Å². The summed E-state index contributed by atoms with van der Waals surface area (Å²) in [4.78, 5) is 35.8. The molecule has 5 rings (SSSR count). The van der Waals surface area contributed by atoms with E-state index in [1.54, 1.807) is 22.8 Å². The quantitative estimate of drug-likeness (QED) is 0.417. The van der Waals surface area contributed by atoms with Crippen LogP contribution in [0.4, 0.5) is 4.39 Å². The lowest BCUT2D eigenvalue weighted by molar-refractivity contribution is 0.0696. The maximum Gasteiger partial charge on any atom is 0.337 e. The molecule has 3 heterocycles. The highest BCUT2D eigenvalue weighted by Crippen LogP contribution is 2.22. The first-order valence-electron chi connectivity index (χ1n) is 10.3. The number of pyridine rings is 1. The Hall–Kier alpha value is -4.73. The average molecular weight is 456 g/mol. The van der Waals surface area contributed by atoms with Crippen molar-refractivity contribution >= 4 is 28.6 Å². The number of carbonyl (C=O) groups excluding carboxylic acids is 1. The van der Waals surface area contributed by atoms with Gasteiger partial charge in [-0.2, -0.15) is 5.10 Å². The highest BCUT2D eigenvalue weighted by Gasteiger charge is 2.14. The Kier molecular flexibility index (Phi) is 5.17. The van der Waals surface area contributed by atoms with E-state index in [0.29, 0.717) is 34.4 Å². The molecule has 34 heavy (non-hydrogen) atoms. The molecule has 1 amide bonds. The van der Waals surface area contributed by atoms with Gasteiger partial charge in [0.1, 0.15) is 11.5 Å². The van der Waals surface area contributed by atoms with Gasteiger partial charge >= 0.3 is 5.97 Å². The Morgan fingerprint density at radius 2 is 1.85 bits per heavy atom. The van der Waals surface area contributed by atoms with Crippen molar-refractivity contribution in [2.45, 2.75) is 6.42 Å². The largest absolute Gasteiger partial charge is 0.478 e. The minimum atomic E-state index is -1.04. The fourth-order valence-electron chi connectivity index (χ4n) is 3.68. The average Bonchev–Trinajstić information content (AvgIpc) is 3.24.